The van der Waals surface area contributed by atoms with Crippen molar-refractivity contribution in [2.24, 2.45) is 5.92 Å². The highest BCUT2D eigenvalue weighted by Gasteiger charge is 2.20. The van der Waals surface area contributed by atoms with Gasteiger partial charge in [0.25, 0.3) is 0 Å². The van der Waals surface area contributed by atoms with E-state index in [-0.39, 0.29) is 12.0 Å². The average molecular weight is 423 g/mol. The van der Waals surface area contributed by atoms with Crippen molar-refractivity contribution in [3.8, 4) is 10.7 Å². The van der Waals surface area contributed by atoms with Crippen LogP contribution in [-0.2, 0) is 19.0 Å². The maximum atomic E-state index is 11.5. The van der Waals surface area contributed by atoms with E-state index >= 15 is 0 Å². The van der Waals surface area contributed by atoms with Gasteiger partial charge in [-0.15, -0.1) is 22.7 Å². The first-order valence-corrected chi connectivity index (χ1v) is 10.6. The second-order valence-corrected chi connectivity index (χ2v) is 8.17. The molecule has 8 heteroatoms. The zero-order valence-corrected chi connectivity index (χ0v) is 18.6. The van der Waals surface area contributed by atoms with Gasteiger partial charge < -0.3 is 14.2 Å². The molecule has 2 aromatic rings. The number of nitrogens with zero attached hydrogens (tertiary/aromatic N) is 2. The maximum absolute atomic E-state index is 11.5. The van der Waals surface area contributed by atoms with Gasteiger partial charge in [-0.3, -0.25) is 0 Å². The number of rotatable bonds is 9. The number of hydrogen-bond donors (Lipinski definition) is 0. The van der Waals surface area contributed by atoms with Gasteiger partial charge in [-0.25, -0.2) is 14.8 Å². The van der Waals surface area contributed by atoms with Crippen molar-refractivity contribution < 1.29 is 19.0 Å². The summed E-state index contributed by atoms with van der Waals surface area (Å²) in [5.41, 5.74) is 1.75. The number of carbonyl (C=O) groups is 1. The van der Waals surface area contributed by atoms with Crippen LogP contribution in [0, 0.1) is 5.92 Å². The molecule has 0 aromatic carbocycles. The second kappa shape index (κ2) is 10.5. The number of methoxy groups -OCH3 is 3. The van der Waals surface area contributed by atoms with Crippen LogP contribution in [0.3, 0.4) is 0 Å². The Hall–Kier alpha value is -2.03. The van der Waals surface area contributed by atoms with E-state index in [4.69, 9.17) is 9.47 Å². The van der Waals surface area contributed by atoms with Gasteiger partial charge >= 0.3 is 5.97 Å². The molecule has 0 aliphatic heterocycles. The third kappa shape index (κ3) is 5.73. The van der Waals surface area contributed by atoms with Crippen molar-refractivity contribution >= 4 is 34.7 Å². The molecule has 0 unspecified atom stereocenters. The molecule has 2 atom stereocenters. The van der Waals surface area contributed by atoms with E-state index < -0.39 is 5.97 Å². The molecule has 0 aliphatic carbocycles. The van der Waals surface area contributed by atoms with Crippen molar-refractivity contribution in [2.45, 2.75) is 32.8 Å². The fourth-order valence-electron chi connectivity index (χ4n) is 2.49. The Labute approximate surface area is 173 Å². The second-order valence-electron chi connectivity index (χ2n) is 6.43. The predicted octanol–water partition coefficient (Wildman–Crippen LogP) is 4.76. The van der Waals surface area contributed by atoms with E-state index in [1.807, 2.05) is 29.8 Å². The fraction of sp³-hybridized carbons (Fsp3) is 0.450. The summed E-state index contributed by atoms with van der Waals surface area (Å²) in [6.07, 6.45) is 4.87. The number of hydrogen-bond acceptors (Lipinski definition) is 8. The van der Waals surface area contributed by atoms with E-state index in [0.29, 0.717) is 11.7 Å². The Morgan fingerprint density at radius 3 is 2.39 bits per heavy atom. The minimum atomic E-state index is -0.462. The summed E-state index contributed by atoms with van der Waals surface area (Å²) in [5, 5.41) is 6.04. The molecule has 0 saturated carbocycles. The van der Waals surface area contributed by atoms with E-state index in [1.165, 1.54) is 20.3 Å². The zero-order chi connectivity index (χ0) is 20.7. The van der Waals surface area contributed by atoms with Crippen LogP contribution in [0.2, 0.25) is 0 Å². The standard InChI is InChI=1S/C20H26N2O4S2/c1-12(2)19-22-15(11-28-19)20-21-14(10-27-20)7-8-16(24-4)13(3)17(25-5)9-18(23)26-6/h7-13,16H,1-6H3/b8-7+,17-9+/t13-,16-/m1/s1. The average Bonchev–Trinajstić information content (AvgIpc) is 3.35. The van der Waals surface area contributed by atoms with Crippen molar-refractivity contribution in [2.75, 3.05) is 21.3 Å². The molecule has 0 N–H and O–H groups in total. The number of aromatic nitrogens is 2. The van der Waals surface area contributed by atoms with Crippen molar-refractivity contribution in [3.05, 3.63) is 39.4 Å². The summed E-state index contributed by atoms with van der Waals surface area (Å²) in [4.78, 5) is 20.8. The lowest BCUT2D eigenvalue weighted by molar-refractivity contribution is -0.135. The van der Waals surface area contributed by atoms with Crippen LogP contribution < -0.4 is 0 Å². The molecule has 0 radical (unpaired) electrons. The Kier molecular flexibility index (Phi) is 8.35. The van der Waals surface area contributed by atoms with Gasteiger partial charge in [0.2, 0.25) is 0 Å². The lowest BCUT2D eigenvalue weighted by Crippen LogP contribution is -2.21. The molecule has 0 amide bonds. The van der Waals surface area contributed by atoms with Crippen LogP contribution in [0.1, 0.15) is 37.4 Å². The van der Waals surface area contributed by atoms with Gasteiger partial charge in [-0.1, -0.05) is 26.8 Å². The highest BCUT2D eigenvalue weighted by molar-refractivity contribution is 7.14. The maximum Gasteiger partial charge on any atom is 0.333 e. The number of esters is 1. The molecular formula is C20H26N2O4S2. The lowest BCUT2D eigenvalue weighted by Gasteiger charge is -2.21. The van der Waals surface area contributed by atoms with Crippen molar-refractivity contribution in [1.29, 1.82) is 0 Å². The van der Waals surface area contributed by atoms with Crippen LogP contribution in [-0.4, -0.2) is 43.4 Å². The normalized spacial score (nSPS) is 14.5. The first kappa shape index (κ1) is 22.3. The summed E-state index contributed by atoms with van der Waals surface area (Å²) in [5.74, 6) is 0.271. The molecule has 2 heterocycles. The predicted molar refractivity (Wildman–Crippen MR) is 113 cm³/mol. The van der Waals surface area contributed by atoms with Crippen molar-refractivity contribution in [3.63, 3.8) is 0 Å². The molecule has 2 rings (SSSR count). The van der Waals surface area contributed by atoms with Crippen LogP contribution in [0.15, 0.2) is 28.7 Å². The molecule has 2 aromatic heterocycles. The van der Waals surface area contributed by atoms with Crippen LogP contribution in [0.5, 0.6) is 0 Å². The summed E-state index contributed by atoms with van der Waals surface area (Å²) in [6, 6.07) is 0. The third-order valence-electron chi connectivity index (χ3n) is 4.12. The lowest BCUT2D eigenvalue weighted by atomic mass is 10.0. The van der Waals surface area contributed by atoms with Gasteiger partial charge in [0.15, 0.2) is 0 Å². The first-order chi connectivity index (χ1) is 13.4. The van der Waals surface area contributed by atoms with Crippen LogP contribution >= 0.6 is 22.7 Å². The monoisotopic (exact) mass is 422 g/mol. The number of ether oxygens (including phenoxy) is 3. The van der Waals surface area contributed by atoms with Gasteiger partial charge in [0.05, 0.1) is 37.1 Å². The Bertz CT molecular complexity index is 839. The SMILES string of the molecule is COC(=O)/C=C(/OC)[C@H](C)[C@@H](/C=C/c1csc(-c2csc(C(C)C)n2)n1)OC. The zero-order valence-electron chi connectivity index (χ0n) is 17.0. The Balaban J connectivity index is 2.13. The minimum Gasteiger partial charge on any atom is -0.500 e. The smallest absolute Gasteiger partial charge is 0.333 e. The molecule has 28 heavy (non-hydrogen) atoms. The van der Waals surface area contributed by atoms with Gasteiger partial charge in [0.1, 0.15) is 16.5 Å². The molecule has 0 fully saturated rings. The number of carbonyl (C=O) groups excluding carboxylic acids is 1. The van der Waals surface area contributed by atoms with E-state index in [1.54, 1.807) is 29.8 Å². The summed E-state index contributed by atoms with van der Waals surface area (Å²) < 4.78 is 15.6. The Morgan fingerprint density at radius 1 is 1.07 bits per heavy atom. The quantitative estimate of drug-likeness (QED) is 0.330. The third-order valence-corrected chi connectivity index (χ3v) is 6.15. The van der Waals surface area contributed by atoms with Gasteiger partial charge in [-0.05, 0) is 6.08 Å². The minimum absolute atomic E-state index is 0.171. The largest absolute Gasteiger partial charge is 0.500 e. The van der Waals surface area contributed by atoms with Crippen LogP contribution in [0.25, 0.3) is 16.8 Å². The topological polar surface area (TPSA) is 70.5 Å². The highest BCUT2D eigenvalue weighted by atomic mass is 32.1. The van der Waals surface area contributed by atoms with Crippen LogP contribution in [0.4, 0.5) is 0 Å². The number of thiazole rings is 2. The molecule has 152 valence electrons. The first-order valence-electron chi connectivity index (χ1n) is 8.85. The molecule has 6 nitrogen and oxygen atoms in total. The summed E-state index contributed by atoms with van der Waals surface area (Å²) >= 11 is 3.22. The molecule has 0 bridgehead atoms. The molecule has 0 aliphatic rings. The molecule has 0 saturated heterocycles. The van der Waals surface area contributed by atoms with Gasteiger partial charge in [-0.2, -0.15) is 0 Å². The summed E-state index contributed by atoms with van der Waals surface area (Å²) in [7, 11) is 4.47. The van der Waals surface area contributed by atoms with E-state index in [9.17, 15) is 4.79 Å². The van der Waals surface area contributed by atoms with Crippen molar-refractivity contribution in [1.82, 2.24) is 9.97 Å². The van der Waals surface area contributed by atoms with E-state index in [0.717, 1.165) is 21.4 Å². The molecule has 0 spiro atoms. The Morgan fingerprint density at radius 2 is 1.82 bits per heavy atom. The fourth-order valence-corrected chi connectivity index (χ4v) is 4.13. The van der Waals surface area contributed by atoms with Gasteiger partial charge in [0, 0.05) is 29.7 Å². The van der Waals surface area contributed by atoms with E-state index in [2.05, 4.69) is 28.6 Å². The molecular weight excluding hydrogens is 396 g/mol. The summed E-state index contributed by atoms with van der Waals surface area (Å²) in [6.45, 7) is 6.19. The highest BCUT2D eigenvalue weighted by Crippen LogP contribution is 2.29.